The van der Waals surface area contributed by atoms with Crippen molar-refractivity contribution in [2.24, 2.45) is 5.92 Å². The van der Waals surface area contributed by atoms with Crippen molar-refractivity contribution >= 4 is 11.3 Å². The molecule has 1 saturated carbocycles. The highest BCUT2D eigenvalue weighted by molar-refractivity contribution is 7.11. The standard InChI is InChI=1S/C14H25N3S/c1-3-15-11(2)14-17-16-13(18-14)10-12-8-6-4-5-7-9-12/h11-12,15H,3-10H2,1-2H3. The number of hydrogen-bond donors (Lipinski definition) is 1. The summed E-state index contributed by atoms with van der Waals surface area (Å²) in [5.41, 5.74) is 0. The van der Waals surface area contributed by atoms with E-state index in [1.807, 2.05) is 0 Å². The number of rotatable bonds is 5. The molecule has 102 valence electrons. The van der Waals surface area contributed by atoms with Gasteiger partial charge in [-0.1, -0.05) is 56.8 Å². The average molecular weight is 267 g/mol. The van der Waals surface area contributed by atoms with Crippen molar-refractivity contribution < 1.29 is 0 Å². The van der Waals surface area contributed by atoms with Gasteiger partial charge in [-0.25, -0.2) is 0 Å². The van der Waals surface area contributed by atoms with Crippen molar-refractivity contribution in [2.75, 3.05) is 6.54 Å². The fraction of sp³-hybridized carbons (Fsp3) is 0.857. The minimum atomic E-state index is 0.343. The third-order valence-corrected chi connectivity index (χ3v) is 4.93. The average Bonchev–Trinajstić information content (AvgIpc) is 2.67. The lowest BCUT2D eigenvalue weighted by atomic mass is 9.97. The van der Waals surface area contributed by atoms with Gasteiger partial charge in [-0.15, -0.1) is 10.2 Å². The summed E-state index contributed by atoms with van der Waals surface area (Å²) in [5.74, 6) is 0.850. The Hall–Kier alpha value is -0.480. The Labute approximate surface area is 114 Å². The summed E-state index contributed by atoms with van der Waals surface area (Å²) in [6.45, 7) is 5.28. The van der Waals surface area contributed by atoms with Crippen molar-refractivity contribution in [3.63, 3.8) is 0 Å². The van der Waals surface area contributed by atoms with Gasteiger partial charge in [0.1, 0.15) is 10.0 Å². The molecule has 1 aromatic rings. The van der Waals surface area contributed by atoms with Gasteiger partial charge >= 0.3 is 0 Å². The third kappa shape index (κ3) is 4.02. The van der Waals surface area contributed by atoms with Crippen molar-refractivity contribution in [2.45, 2.75) is 64.8 Å². The van der Waals surface area contributed by atoms with Gasteiger partial charge in [0, 0.05) is 6.42 Å². The van der Waals surface area contributed by atoms with E-state index in [0.717, 1.165) is 23.9 Å². The van der Waals surface area contributed by atoms with E-state index in [-0.39, 0.29) is 0 Å². The molecule has 0 aliphatic heterocycles. The first kappa shape index (κ1) is 13.9. The zero-order valence-electron chi connectivity index (χ0n) is 11.6. The van der Waals surface area contributed by atoms with Crippen LogP contribution < -0.4 is 5.32 Å². The Balaban J connectivity index is 1.89. The lowest BCUT2D eigenvalue weighted by Crippen LogP contribution is -2.17. The Morgan fingerprint density at radius 3 is 2.61 bits per heavy atom. The van der Waals surface area contributed by atoms with Gasteiger partial charge in [0.2, 0.25) is 0 Å². The zero-order chi connectivity index (χ0) is 12.8. The first-order chi connectivity index (χ1) is 8.79. The Morgan fingerprint density at radius 2 is 1.94 bits per heavy atom. The van der Waals surface area contributed by atoms with Gasteiger partial charge < -0.3 is 5.32 Å². The predicted octanol–water partition coefficient (Wildman–Crippen LogP) is 3.72. The minimum absolute atomic E-state index is 0.343. The van der Waals surface area contributed by atoms with Gasteiger partial charge in [0.05, 0.1) is 6.04 Å². The molecular weight excluding hydrogens is 242 g/mol. The Morgan fingerprint density at radius 1 is 1.22 bits per heavy atom. The Bertz CT molecular complexity index is 343. The second-order valence-corrected chi connectivity index (χ2v) is 6.47. The minimum Gasteiger partial charge on any atom is -0.308 e. The molecular formula is C14H25N3S. The smallest absolute Gasteiger partial charge is 0.134 e. The molecule has 0 radical (unpaired) electrons. The fourth-order valence-electron chi connectivity index (χ4n) is 2.73. The summed E-state index contributed by atoms with van der Waals surface area (Å²) in [6, 6.07) is 0.343. The van der Waals surface area contributed by atoms with Crippen molar-refractivity contribution in [1.29, 1.82) is 0 Å². The first-order valence-corrected chi connectivity index (χ1v) is 8.17. The van der Waals surface area contributed by atoms with Gasteiger partial charge in [-0.05, 0) is 19.4 Å². The van der Waals surface area contributed by atoms with Crippen molar-refractivity contribution in [1.82, 2.24) is 15.5 Å². The quantitative estimate of drug-likeness (QED) is 0.826. The summed E-state index contributed by atoms with van der Waals surface area (Å²) < 4.78 is 0. The maximum absolute atomic E-state index is 4.37. The number of nitrogens with zero attached hydrogens (tertiary/aromatic N) is 2. The molecule has 1 aromatic heterocycles. The van der Waals surface area contributed by atoms with Crippen LogP contribution in [-0.2, 0) is 6.42 Å². The van der Waals surface area contributed by atoms with E-state index in [1.54, 1.807) is 11.3 Å². The van der Waals surface area contributed by atoms with Crippen LogP contribution in [0.3, 0.4) is 0 Å². The number of hydrogen-bond acceptors (Lipinski definition) is 4. The maximum Gasteiger partial charge on any atom is 0.134 e. The molecule has 0 bridgehead atoms. The van der Waals surface area contributed by atoms with Crippen LogP contribution in [0.25, 0.3) is 0 Å². The molecule has 1 heterocycles. The molecule has 3 nitrogen and oxygen atoms in total. The second-order valence-electron chi connectivity index (χ2n) is 5.38. The molecule has 0 amide bonds. The predicted molar refractivity (Wildman–Crippen MR) is 76.9 cm³/mol. The van der Waals surface area contributed by atoms with E-state index in [0.29, 0.717) is 6.04 Å². The zero-order valence-corrected chi connectivity index (χ0v) is 12.4. The highest BCUT2D eigenvalue weighted by Gasteiger charge is 2.16. The molecule has 1 atom stereocenters. The lowest BCUT2D eigenvalue weighted by molar-refractivity contribution is 0.456. The lowest BCUT2D eigenvalue weighted by Gasteiger charge is -2.11. The highest BCUT2D eigenvalue weighted by Crippen LogP contribution is 2.28. The summed E-state index contributed by atoms with van der Waals surface area (Å²) in [5, 5.41) is 14.5. The SMILES string of the molecule is CCNC(C)c1nnc(CC2CCCCCC2)s1. The third-order valence-electron chi connectivity index (χ3n) is 3.80. The van der Waals surface area contributed by atoms with Crippen LogP contribution >= 0.6 is 11.3 Å². The summed E-state index contributed by atoms with van der Waals surface area (Å²) in [6.07, 6.45) is 9.59. The van der Waals surface area contributed by atoms with E-state index < -0.39 is 0 Å². The second kappa shape index (κ2) is 7.19. The van der Waals surface area contributed by atoms with E-state index in [2.05, 4.69) is 29.4 Å². The fourth-order valence-corrected chi connectivity index (χ4v) is 3.72. The molecule has 0 spiro atoms. The number of aromatic nitrogens is 2. The summed E-state index contributed by atoms with van der Waals surface area (Å²) >= 11 is 1.80. The Kier molecular flexibility index (Phi) is 5.57. The topological polar surface area (TPSA) is 37.8 Å². The van der Waals surface area contributed by atoms with Crippen LogP contribution in [0.2, 0.25) is 0 Å². The van der Waals surface area contributed by atoms with Crippen molar-refractivity contribution in [3.8, 4) is 0 Å². The monoisotopic (exact) mass is 267 g/mol. The maximum atomic E-state index is 4.37. The van der Waals surface area contributed by atoms with Crippen LogP contribution in [0, 0.1) is 5.92 Å². The van der Waals surface area contributed by atoms with Gasteiger partial charge in [-0.3, -0.25) is 0 Å². The van der Waals surface area contributed by atoms with Crippen LogP contribution in [0.4, 0.5) is 0 Å². The molecule has 0 aromatic carbocycles. The molecule has 1 aliphatic carbocycles. The molecule has 18 heavy (non-hydrogen) atoms. The molecule has 4 heteroatoms. The number of nitrogens with one attached hydrogen (secondary N) is 1. The molecule has 1 N–H and O–H groups in total. The normalized spacial score (nSPS) is 19.7. The molecule has 1 unspecified atom stereocenters. The van der Waals surface area contributed by atoms with Gasteiger partial charge in [-0.2, -0.15) is 0 Å². The van der Waals surface area contributed by atoms with Gasteiger partial charge in [0.15, 0.2) is 0 Å². The molecule has 2 rings (SSSR count). The van der Waals surface area contributed by atoms with Crippen LogP contribution in [0.1, 0.15) is 68.4 Å². The largest absolute Gasteiger partial charge is 0.308 e. The van der Waals surface area contributed by atoms with E-state index in [9.17, 15) is 0 Å². The highest BCUT2D eigenvalue weighted by atomic mass is 32.1. The van der Waals surface area contributed by atoms with Crippen LogP contribution in [0.15, 0.2) is 0 Å². The molecule has 0 saturated heterocycles. The van der Waals surface area contributed by atoms with E-state index >= 15 is 0 Å². The van der Waals surface area contributed by atoms with Crippen LogP contribution in [-0.4, -0.2) is 16.7 Å². The van der Waals surface area contributed by atoms with E-state index in [1.165, 1.54) is 43.5 Å². The summed E-state index contributed by atoms with van der Waals surface area (Å²) in [7, 11) is 0. The van der Waals surface area contributed by atoms with Crippen LogP contribution in [0.5, 0.6) is 0 Å². The molecule has 1 fully saturated rings. The first-order valence-electron chi connectivity index (χ1n) is 7.35. The summed E-state index contributed by atoms with van der Waals surface area (Å²) in [4.78, 5) is 0. The van der Waals surface area contributed by atoms with Gasteiger partial charge in [0.25, 0.3) is 0 Å². The van der Waals surface area contributed by atoms with E-state index in [4.69, 9.17) is 0 Å². The molecule has 1 aliphatic rings. The van der Waals surface area contributed by atoms with Crippen molar-refractivity contribution in [3.05, 3.63) is 10.0 Å².